The zero-order valence-corrected chi connectivity index (χ0v) is 12.9. The van der Waals surface area contributed by atoms with Gasteiger partial charge in [0.25, 0.3) is 0 Å². The van der Waals surface area contributed by atoms with Crippen LogP contribution in [0.25, 0.3) is 16.6 Å². The highest BCUT2D eigenvalue weighted by atomic mass is 35.5. The lowest BCUT2D eigenvalue weighted by molar-refractivity contribution is 0.105. The molecule has 0 bridgehead atoms. The minimum absolute atomic E-state index is 0.136. The largest absolute Gasteiger partial charge is 0.288 e. The summed E-state index contributed by atoms with van der Waals surface area (Å²) in [4.78, 5) is 20.9. The van der Waals surface area contributed by atoms with E-state index in [1.807, 2.05) is 30.3 Å². The molecule has 0 saturated heterocycles. The number of thiazole rings is 1. The third kappa shape index (κ3) is 3.47. The Morgan fingerprint density at radius 3 is 2.73 bits per heavy atom. The minimum atomic E-state index is -0.136. The number of carbonyl (C=O) groups excluding carboxylic acids is 1. The number of hydrogen-bond acceptors (Lipinski definition) is 4. The van der Waals surface area contributed by atoms with Crippen LogP contribution in [0.15, 0.2) is 54.7 Å². The van der Waals surface area contributed by atoms with E-state index in [0.29, 0.717) is 9.90 Å². The van der Waals surface area contributed by atoms with Crippen LogP contribution in [0.1, 0.15) is 15.4 Å². The van der Waals surface area contributed by atoms with Crippen molar-refractivity contribution in [2.75, 3.05) is 0 Å². The van der Waals surface area contributed by atoms with Gasteiger partial charge in [0.2, 0.25) is 0 Å². The number of hydrogen-bond donors (Lipinski definition) is 0. The smallest absolute Gasteiger partial charge is 0.198 e. The molecule has 107 valence electrons. The molecular formula is C17H10ClN2OS. The van der Waals surface area contributed by atoms with E-state index >= 15 is 0 Å². The lowest BCUT2D eigenvalue weighted by Gasteiger charge is -1.95. The van der Waals surface area contributed by atoms with Gasteiger partial charge in [0.05, 0.1) is 5.69 Å². The van der Waals surface area contributed by atoms with Gasteiger partial charge in [-0.1, -0.05) is 29.8 Å². The fourth-order valence-corrected chi connectivity index (χ4v) is 2.70. The molecule has 0 saturated carbocycles. The minimum Gasteiger partial charge on any atom is -0.288 e. The maximum Gasteiger partial charge on any atom is 0.198 e. The highest BCUT2D eigenvalue weighted by Crippen LogP contribution is 2.26. The number of benzene rings is 1. The molecule has 0 spiro atoms. The molecule has 0 aliphatic carbocycles. The second-order valence-corrected chi connectivity index (χ2v) is 5.85. The van der Waals surface area contributed by atoms with Gasteiger partial charge in [0.15, 0.2) is 5.78 Å². The zero-order valence-electron chi connectivity index (χ0n) is 11.4. The van der Waals surface area contributed by atoms with Crippen molar-refractivity contribution < 1.29 is 4.79 Å². The fraction of sp³-hybridized carbons (Fsp3) is 0. The molecule has 2 aromatic heterocycles. The Balaban J connectivity index is 1.77. The van der Waals surface area contributed by atoms with Crippen LogP contribution in [0, 0.1) is 6.20 Å². The number of ketones is 1. The maximum absolute atomic E-state index is 12.1. The molecule has 5 heteroatoms. The molecule has 0 fully saturated rings. The molecule has 3 nitrogen and oxygen atoms in total. The first-order valence-corrected chi connectivity index (χ1v) is 7.70. The summed E-state index contributed by atoms with van der Waals surface area (Å²) in [5.74, 6) is -0.136. The first-order valence-electron chi connectivity index (χ1n) is 6.50. The quantitative estimate of drug-likeness (QED) is 0.522. The number of nitrogens with zero attached hydrogens (tertiary/aromatic N) is 2. The first-order chi connectivity index (χ1) is 10.7. The maximum atomic E-state index is 12.1. The molecular weight excluding hydrogens is 316 g/mol. The predicted molar refractivity (Wildman–Crippen MR) is 89.0 cm³/mol. The molecule has 0 aliphatic rings. The Hall–Kier alpha value is -2.30. The third-order valence-corrected chi connectivity index (χ3v) is 4.13. The van der Waals surface area contributed by atoms with E-state index in [1.165, 1.54) is 17.4 Å². The summed E-state index contributed by atoms with van der Waals surface area (Å²) in [6.07, 6.45) is 7.61. The normalized spacial score (nSPS) is 11.0. The van der Waals surface area contributed by atoms with Gasteiger partial charge in [0.1, 0.15) is 16.1 Å². The van der Waals surface area contributed by atoms with Crippen molar-refractivity contribution in [1.29, 1.82) is 0 Å². The Morgan fingerprint density at radius 1 is 1.18 bits per heavy atom. The van der Waals surface area contributed by atoms with Crippen LogP contribution in [0.5, 0.6) is 0 Å². The summed E-state index contributed by atoms with van der Waals surface area (Å²) < 4.78 is 0. The molecule has 1 aromatic carbocycles. The van der Waals surface area contributed by atoms with Gasteiger partial charge < -0.3 is 0 Å². The third-order valence-electron chi connectivity index (χ3n) is 2.87. The van der Waals surface area contributed by atoms with Crippen LogP contribution in [0.3, 0.4) is 0 Å². The highest BCUT2D eigenvalue weighted by molar-refractivity contribution is 7.17. The van der Waals surface area contributed by atoms with Crippen LogP contribution in [-0.4, -0.2) is 15.8 Å². The topological polar surface area (TPSA) is 42.9 Å². The van der Waals surface area contributed by atoms with Gasteiger partial charge in [-0.3, -0.25) is 9.78 Å². The number of carbonyl (C=O) groups is 1. The summed E-state index contributed by atoms with van der Waals surface area (Å²) in [6.45, 7) is 0. The standard InChI is InChI=1S/C17H10ClN2OS/c18-13-6-4-12(5-7-13)17-20-11-16(22-17)15(21)9-8-14-3-1-2-10-19-14/h1-10H. The van der Waals surface area contributed by atoms with Crippen LogP contribution in [0.4, 0.5) is 0 Å². The van der Waals surface area contributed by atoms with Crippen molar-refractivity contribution >= 4 is 34.8 Å². The summed E-state index contributed by atoms with van der Waals surface area (Å²) in [5.41, 5.74) is 1.65. The number of allylic oxidation sites excluding steroid dienone is 1. The van der Waals surface area contributed by atoms with Crippen molar-refractivity contribution in [2.45, 2.75) is 0 Å². The molecule has 3 aromatic rings. The number of halogens is 1. The Kier molecular flexibility index (Phi) is 4.42. The van der Waals surface area contributed by atoms with Gasteiger partial charge in [-0.2, -0.15) is 0 Å². The monoisotopic (exact) mass is 325 g/mol. The van der Waals surface area contributed by atoms with E-state index in [4.69, 9.17) is 11.6 Å². The number of pyridine rings is 1. The van der Waals surface area contributed by atoms with E-state index in [-0.39, 0.29) is 5.78 Å². The Bertz CT molecular complexity index is 810. The Labute approximate surface area is 136 Å². The molecule has 1 radical (unpaired) electrons. The molecule has 22 heavy (non-hydrogen) atoms. The van der Waals surface area contributed by atoms with Crippen LogP contribution in [0.2, 0.25) is 5.02 Å². The van der Waals surface area contributed by atoms with Crippen LogP contribution < -0.4 is 0 Å². The Morgan fingerprint density at radius 2 is 2.00 bits per heavy atom. The summed E-state index contributed by atoms with van der Waals surface area (Å²) in [7, 11) is 0. The number of rotatable bonds is 4. The highest BCUT2D eigenvalue weighted by Gasteiger charge is 2.10. The van der Waals surface area contributed by atoms with Crippen molar-refractivity contribution in [3.63, 3.8) is 0 Å². The molecule has 0 aliphatic heterocycles. The second-order valence-electron chi connectivity index (χ2n) is 4.42. The van der Waals surface area contributed by atoms with Crippen LogP contribution in [-0.2, 0) is 0 Å². The summed E-state index contributed by atoms with van der Waals surface area (Å²) in [5, 5.41) is 1.41. The molecule has 3 rings (SSSR count). The zero-order chi connectivity index (χ0) is 15.4. The molecule has 0 amide bonds. The predicted octanol–water partition coefficient (Wildman–Crippen LogP) is 4.55. The second kappa shape index (κ2) is 6.64. The summed E-state index contributed by atoms with van der Waals surface area (Å²) in [6, 6.07) is 12.9. The van der Waals surface area contributed by atoms with Crippen molar-refractivity contribution in [2.24, 2.45) is 0 Å². The average Bonchev–Trinajstić information content (AvgIpc) is 3.04. The first kappa shape index (κ1) is 14.6. The molecule has 0 unspecified atom stereocenters. The molecule has 0 N–H and O–H groups in total. The van der Waals surface area contributed by atoms with E-state index in [1.54, 1.807) is 24.4 Å². The van der Waals surface area contributed by atoms with Gasteiger partial charge in [-0.15, -0.1) is 11.3 Å². The van der Waals surface area contributed by atoms with E-state index in [9.17, 15) is 4.79 Å². The van der Waals surface area contributed by atoms with E-state index in [2.05, 4.69) is 16.2 Å². The summed E-state index contributed by atoms with van der Waals surface area (Å²) >= 11 is 7.16. The number of aromatic nitrogens is 2. The molecule has 2 heterocycles. The van der Waals surface area contributed by atoms with Crippen LogP contribution >= 0.6 is 22.9 Å². The van der Waals surface area contributed by atoms with E-state index < -0.39 is 0 Å². The van der Waals surface area contributed by atoms with Gasteiger partial charge in [-0.05, 0) is 36.4 Å². The lowest BCUT2D eigenvalue weighted by atomic mass is 10.2. The van der Waals surface area contributed by atoms with Crippen molar-refractivity contribution in [1.82, 2.24) is 9.97 Å². The van der Waals surface area contributed by atoms with E-state index in [0.717, 1.165) is 16.3 Å². The SMILES string of the molecule is O=C(C=Cc1ccccn1)c1[c]nc(-c2ccc(Cl)cc2)s1. The lowest BCUT2D eigenvalue weighted by Crippen LogP contribution is -1.89. The van der Waals surface area contributed by atoms with Crippen molar-refractivity contribution in [3.05, 3.63) is 76.5 Å². The molecule has 0 atom stereocenters. The van der Waals surface area contributed by atoms with Gasteiger partial charge >= 0.3 is 0 Å². The van der Waals surface area contributed by atoms with Crippen molar-refractivity contribution in [3.8, 4) is 10.6 Å². The average molecular weight is 326 g/mol. The fourth-order valence-electron chi connectivity index (χ4n) is 1.78. The van der Waals surface area contributed by atoms with Gasteiger partial charge in [0, 0.05) is 16.8 Å². The van der Waals surface area contributed by atoms with Gasteiger partial charge in [-0.25, -0.2) is 4.98 Å².